The van der Waals surface area contributed by atoms with Crippen LogP contribution in [0, 0.1) is 0 Å². The molecule has 0 saturated carbocycles. The highest BCUT2D eigenvalue weighted by atomic mass is 35.5. The number of rotatable bonds is 4. The molecule has 1 N–H and O–H groups in total. The summed E-state index contributed by atoms with van der Waals surface area (Å²) in [6.45, 7) is -0.539. The Labute approximate surface area is 151 Å². The van der Waals surface area contributed by atoms with Gasteiger partial charge >= 0.3 is 5.97 Å². The van der Waals surface area contributed by atoms with E-state index >= 15 is 0 Å². The Kier molecular flexibility index (Phi) is 6.07. The first-order valence-electron chi connectivity index (χ1n) is 6.10. The molecule has 0 radical (unpaired) electrons. The minimum Gasteiger partial charge on any atom is -0.452 e. The second-order valence-corrected chi connectivity index (χ2v) is 5.83. The van der Waals surface area contributed by atoms with Crippen LogP contribution in [-0.4, -0.2) is 23.5 Å². The molecular formula is C14H8Cl4N2O3. The number of hydrogen-bond donors (Lipinski definition) is 1. The van der Waals surface area contributed by atoms with Crippen LogP contribution < -0.4 is 5.32 Å². The number of nitrogens with one attached hydrogen (secondary N) is 1. The highest BCUT2D eigenvalue weighted by Gasteiger charge is 2.19. The van der Waals surface area contributed by atoms with E-state index in [9.17, 15) is 9.59 Å². The lowest BCUT2D eigenvalue weighted by Crippen LogP contribution is -2.21. The zero-order valence-corrected chi connectivity index (χ0v) is 14.3. The molecule has 5 nitrogen and oxygen atoms in total. The average Bonchev–Trinajstić information content (AvgIpc) is 2.51. The Balaban J connectivity index is 1.98. The number of ether oxygens (including phenoxy) is 1. The maximum Gasteiger partial charge on any atom is 0.341 e. The van der Waals surface area contributed by atoms with Crippen LogP contribution in [0.2, 0.25) is 20.1 Å². The molecule has 2 rings (SSSR count). The Hall–Kier alpha value is -1.53. The van der Waals surface area contributed by atoms with Crippen molar-refractivity contribution in [3.8, 4) is 0 Å². The number of benzene rings is 1. The lowest BCUT2D eigenvalue weighted by molar-refractivity contribution is -0.119. The van der Waals surface area contributed by atoms with Crippen molar-refractivity contribution >= 4 is 64.1 Å². The fraction of sp³-hybridized carbons (Fsp3) is 0.0714. The molecule has 120 valence electrons. The predicted octanol–water partition coefficient (Wildman–Crippen LogP) is 4.49. The number of halogens is 4. The van der Waals surface area contributed by atoms with Crippen LogP contribution in [0.25, 0.3) is 0 Å². The first kappa shape index (κ1) is 17.8. The Morgan fingerprint density at radius 2 is 1.74 bits per heavy atom. The van der Waals surface area contributed by atoms with Crippen molar-refractivity contribution in [2.45, 2.75) is 0 Å². The lowest BCUT2D eigenvalue weighted by Gasteiger charge is -2.09. The zero-order chi connectivity index (χ0) is 17.0. The van der Waals surface area contributed by atoms with Gasteiger partial charge < -0.3 is 10.1 Å². The van der Waals surface area contributed by atoms with Gasteiger partial charge in [-0.05, 0) is 24.3 Å². The number of carbonyl (C=O) groups is 2. The topological polar surface area (TPSA) is 68.3 Å². The summed E-state index contributed by atoms with van der Waals surface area (Å²) in [7, 11) is 0. The van der Waals surface area contributed by atoms with Gasteiger partial charge in [-0.2, -0.15) is 0 Å². The molecule has 0 fully saturated rings. The fourth-order valence-corrected chi connectivity index (χ4v) is 2.34. The van der Waals surface area contributed by atoms with Crippen LogP contribution in [0.1, 0.15) is 10.4 Å². The van der Waals surface area contributed by atoms with Crippen LogP contribution in [0.5, 0.6) is 0 Å². The molecule has 0 aliphatic heterocycles. The molecule has 0 saturated heterocycles. The van der Waals surface area contributed by atoms with Gasteiger partial charge in [0, 0.05) is 6.20 Å². The van der Waals surface area contributed by atoms with Gasteiger partial charge in [0.2, 0.25) is 0 Å². The molecule has 1 aromatic carbocycles. The summed E-state index contributed by atoms with van der Waals surface area (Å²) in [5, 5.41) is 3.05. The minimum absolute atomic E-state index is 0.0380. The van der Waals surface area contributed by atoms with E-state index in [1.807, 2.05) is 0 Å². The number of pyridine rings is 1. The first-order valence-corrected chi connectivity index (χ1v) is 7.61. The Morgan fingerprint density at radius 3 is 2.39 bits per heavy atom. The van der Waals surface area contributed by atoms with Crippen LogP contribution in [0.3, 0.4) is 0 Å². The highest BCUT2D eigenvalue weighted by Crippen LogP contribution is 2.31. The molecule has 23 heavy (non-hydrogen) atoms. The maximum atomic E-state index is 12.0. The van der Waals surface area contributed by atoms with Gasteiger partial charge in [-0.25, -0.2) is 9.78 Å². The molecule has 1 heterocycles. The van der Waals surface area contributed by atoms with E-state index in [0.717, 1.165) is 0 Å². The third-order valence-corrected chi connectivity index (χ3v) is 3.92. The normalized spacial score (nSPS) is 10.3. The highest BCUT2D eigenvalue weighted by molar-refractivity contribution is 6.46. The number of carbonyl (C=O) groups excluding carboxylic acids is 2. The van der Waals surface area contributed by atoms with Crippen LogP contribution in [0.4, 0.5) is 5.82 Å². The van der Waals surface area contributed by atoms with E-state index in [0.29, 0.717) is 5.02 Å². The molecule has 9 heteroatoms. The summed E-state index contributed by atoms with van der Waals surface area (Å²) in [5.41, 5.74) is -0.0988. The summed E-state index contributed by atoms with van der Waals surface area (Å²) in [6.07, 6.45) is 1.37. The summed E-state index contributed by atoms with van der Waals surface area (Å²) < 4.78 is 4.87. The van der Waals surface area contributed by atoms with Gasteiger partial charge in [-0.3, -0.25) is 4.79 Å². The molecule has 0 aliphatic carbocycles. The second kappa shape index (κ2) is 7.84. The first-order chi connectivity index (χ1) is 10.9. The quantitative estimate of drug-likeness (QED) is 0.613. The molecule has 0 aliphatic rings. The summed E-state index contributed by atoms with van der Waals surface area (Å²) in [5.74, 6) is -1.17. The maximum absolute atomic E-state index is 12.0. The number of hydrogen-bond acceptors (Lipinski definition) is 4. The van der Waals surface area contributed by atoms with Crippen molar-refractivity contribution in [3.05, 3.63) is 56.1 Å². The van der Waals surface area contributed by atoms with Crippen LogP contribution in [0.15, 0.2) is 30.5 Å². The SMILES string of the molecule is O=C(COC(=O)c1c(Cl)ccc(Cl)c1Cl)Nc1ccc(Cl)cn1. The van der Waals surface area contributed by atoms with Crippen molar-refractivity contribution in [2.24, 2.45) is 0 Å². The van der Waals surface area contributed by atoms with E-state index in [-0.39, 0.29) is 26.4 Å². The summed E-state index contributed by atoms with van der Waals surface area (Å²) in [6, 6.07) is 5.92. The summed E-state index contributed by atoms with van der Waals surface area (Å²) in [4.78, 5) is 27.6. The Bertz CT molecular complexity index is 750. The largest absolute Gasteiger partial charge is 0.452 e. The molecule has 1 aromatic heterocycles. The van der Waals surface area contributed by atoms with Gasteiger partial charge in [0.25, 0.3) is 5.91 Å². The molecule has 0 bridgehead atoms. The van der Waals surface area contributed by atoms with Crippen LogP contribution in [-0.2, 0) is 9.53 Å². The predicted molar refractivity (Wildman–Crippen MR) is 89.6 cm³/mol. The average molecular weight is 394 g/mol. The number of nitrogens with zero attached hydrogens (tertiary/aromatic N) is 1. The monoisotopic (exact) mass is 392 g/mol. The van der Waals surface area contributed by atoms with Crippen molar-refractivity contribution in [2.75, 3.05) is 11.9 Å². The van der Waals surface area contributed by atoms with E-state index in [2.05, 4.69) is 10.3 Å². The number of aromatic nitrogens is 1. The van der Waals surface area contributed by atoms with E-state index < -0.39 is 18.5 Å². The van der Waals surface area contributed by atoms with Gasteiger partial charge in [-0.1, -0.05) is 46.4 Å². The molecule has 1 amide bonds. The summed E-state index contributed by atoms with van der Waals surface area (Å²) >= 11 is 23.3. The van der Waals surface area contributed by atoms with Crippen molar-refractivity contribution < 1.29 is 14.3 Å². The van der Waals surface area contributed by atoms with Crippen molar-refractivity contribution in [1.29, 1.82) is 0 Å². The lowest BCUT2D eigenvalue weighted by atomic mass is 10.2. The minimum atomic E-state index is -0.860. The standard InChI is InChI=1S/C14H8Cl4N2O3/c15-7-1-4-10(19-5-7)20-11(21)6-23-14(22)12-8(16)2-3-9(17)13(12)18/h1-5H,6H2,(H,19,20,21). The third kappa shape index (κ3) is 4.72. The number of amides is 1. The Morgan fingerprint density at radius 1 is 1.04 bits per heavy atom. The molecule has 0 spiro atoms. The van der Waals surface area contributed by atoms with Crippen molar-refractivity contribution in [1.82, 2.24) is 4.98 Å². The molecular weight excluding hydrogens is 386 g/mol. The third-order valence-electron chi connectivity index (χ3n) is 2.58. The second-order valence-electron chi connectivity index (χ2n) is 4.20. The molecule has 0 unspecified atom stereocenters. The smallest absolute Gasteiger partial charge is 0.341 e. The zero-order valence-electron chi connectivity index (χ0n) is 11.3. The van der Waals surface area contributed by atoms with E-state index in [1.54, 1.807) is 6.07 Å². The van der Waals surface area contributed by atoms with Gasteiger partial charge in [0.05, 0.1) is 25.7 Å². The van der Waals surface area contributed by atoms with Crippen molar-refractivity contribution in [3.63, 3.8) is 0 Å². The van der Waals surface area contributed by atoms with Gasteiger partial charge in [0.15, 0.2) is 6.61 Å². The molecule has 2 aromatic rings. The van der Waals surface area contributed by atoms with Gasteiger partial charge in [0.1, 0.15) is 5.82 Å². The number of anilines is 1. The van der Waals surface area contributed by atoms with E-state index in [4.69, 9.17) is 51.1 Å². The van der Waals surface area contributed by atoms with Crippen LogP contribution >= 0.6 is 46.4 Å². The molecule has 0 atom stereocenters. The number of esters is 1. The fourth-order valence-electron chi connectivity index (χ4n) is 1.55. The van der Waals surface area contributed by atoms with E-state index in [1.165, 1.54) is 24.4 Å². The van der Waals surface area contributed by atoms with Gasteiger partial charge in [-0.15, -0.1) is 0 Å².